The zero-order chi connectivity index (χ0) is 21.4. The van der Waals surface area contributed by atoms with Gasteiger partial charge in [-0.25, -0.2) is 14.3 Å². The second-order valence-electron chi connectivity index (χ2n) is 6.96. The number of nitrogens with zero attached hydrogens (tertiary/aromatic N) is 6. The van der Waals surface area contributed by atoms with Gasteiger partial charge in [0.25, 0.3) is 5.56 Å². The van der Waals surface area contributed by atoms with E-state index in [1.807, 2.05) is 48.9 Å². The van der Waals surface area contributed by atoms with E-state index in [-0.39, 0.29) is 18.0 Å². The van der Waals surface area contributed by atoms with E-state index >= 15 is 0 Å². The van der Waals surface area contributed by atoms with Gasteiger partial charge in [-0.05, 0) is 41.9 Å². The van der Waals surface area contributed by atoms with Gasteiger partial charge in [0.05, 0.1) is 11.4 Å². The van der Waals surface area contributed by atoms with Gasteiger partial charge < -0.3 is 5.32 Å². The number of benzene rings is 1. The lowest BCUT2D eigenvalue weighted by molar-refractivity contribution is -0.121. The summed E-state index contributed by atoms with van der Waals surface area (Å²) in [6.07, 6.45) is 1.36. The lowest BCUT2D eigenvalue weighted by Crippen LogP contribution is -2.32. The number of halogens is 1. The summed E-state index contributed by atoms with van der Waals surface area (Å²) in [6, 6.07) is 9.82. The second kappa shape index (κ2) is 7.86. The first-order valence-corrected chi connectivity index (χ1v) is 10.1. The molecule has 0 aliphatic rings. The number of amides is 1. The first-order valence-electron chi connectivity index (χ1n) is 9.31. The smallest absolute Gasteiger partial charge is 0.266 e. The molecule has 9 nitrogen and oxygen atoms in total. The summed E-state index contributed by atoms with van der Waals surface area (Å²) in [7, 11) is 1.71. The fourth-order valence-corrected chi connectivity index (χ4v) is 3.98. The predicted octanol–water partition coefficient (Wildman–Crippen LogP) is 2.01. The molecule has 4 aromatic rings. The molecule has 0 saturated heterocycles. The van der Waals surface area contributed by atoms with E-state index in [0.29, 0.717) is 22.2 Å². The van der Waals surface area contributed by atoms with Crippen LogP contribution in [0.25, 0.3) is 16.7 Å². The van der Waals surface area contributed by atoms with E-state index < -0.39 is 0 Å². The zero-order valence-electron chi connectivity index (χ0n) is 16.8. The van der Waals surface area contributed by atoms with Gasteiger partial charge in [0, 0.05) is 24.8 Å². The molecule has 0 saturated carbocycles. The van der Waals surface area contributed by atoms with Crippen LogP contribution in [0.1, 0.15) is 17.0 Å². The van der Waals surface area contributed by atoms with Gasteiger partial charge in [-0.2, -0.15) is 10.2 Å². The molecule has 154 valence electrons. The Morgan fingerprint density at radius 3 is 2.63 bits per heavy atom. The Morgan fingerprint density at radius 2 is 1.90 bits per heavy atom. The molecule has 0 atom stereocenters. The molecular weight excluding hydrogens is 450 g/mol. The van der Waals surface area contributed by atoms with E-state index in [1.165, 1.54) is 15.6 Å². The summed E-state index contributed by atoms with van der Waals surface area (Å²) < 4.78 is 5.06. The van der Waals surface area contributed by atoms with Crippen molar-refractivity contribution in [1.82, 2.24) is 34.4 Å². The topological polar surface area (TPSA) is 99.6 Å². The lowest BCUT2D eigenvalue weighted by Gasteiger charge is -2.08. The summed E-state index contributed by atoms with van der Waals surface area (Å²) >= 11 is 3.27. The molecule has 0 spiro atoms. The Balaban J connectivity index is 1.51. The minimum Gasteiger partial charge on any atom is -0.350 e. The summed E-state index contributed by atoms with van der Waals surface area (Å²) in [4.78, 5) is 29.4. The number of fused-ring (bicyclic) bond motifs is 1. The molecule has 0 fully saturated rings. The maximum absolute atomic E-state index is 12.7. The predicted molar refractivity (Wildman–Crippen MR) is 115 cm³/mol. The van der Waals surface area contributed by atoms with Crippen molar-refractivity contribution in [2.45, 2.75) is 26.9 Å². The second-order valence-corrected chi connectivity index (χ2v) is 7.72. The maximum atomic E-state index is 12.7. The molecule has 0 radical (unpaired) electrons. The van der Waals surface area contributed by atoms with E-state index in [9.17, 15) is 9.59 Å². The third-order valence-corrected chi connectivity index (χ3v) is 5.54. The van der Waals surface area contributed by atoms with Gasteiger partial charge in [0.2, 0.25) is 5.91 Å². The Hall–Kier alpha value is -3.27. The molecule has 1 amide bonds. The monoisotopic (exact) mass is 469 g/mol. The summed E-state index contributed by atoms with van der Waals surface area (Å²) in [6.45, 7) is 4.07. The van der Waals surface area contributed by atoms with Crippen molar-refractivity contribution >= 4 is 32.9 Å². The SMILES string of the molecule is Cc1nn(-c2ccccc2)c(C)c1CNC(=O)Cn1cnc2c(c(Br)nn2C)c1=O. The minimum atomic E-state index is -0.320. The van der Waals surface area contributed by atoms with Crippen LogP contribution in [0.3, 0.4) is 0 Å². The van der Waals surface area contributed by atoms with Gasteiger partial charge in [0.15, 0.2) is 5.65 Å². The fourth-order valence-electron chi connectivity index (χ4n) is 3.40. The number of carbonyl (C=O) groups is 1. The van der Waals surface area contributed by atoms with Crippen molar-refractivity contribution in [2.75, 3.05) is 0 Å². The molecule has 1 N–H and O–H groups in total. The van der Waals surface area contributed by atoms with Crippen LogP contribution in [0.2, 0.25) is 0 Å². The number of hydrogen-bond donors (Lipinski definition) is 1. The highest BCUT2D eigenvalue weighted by atomic mass is 79.9. The first kappa shape index (κ1) is 20.0. The average Bonchev–Trinajstić information content (AvgIpc) is 3.18. The third kappa shape index (κ3) is 3.54. The van der Waals surface area contributed by atoms with Crippen LogP contribution in [-0.2, 0) is 24.9 Å². The highest BCUT2D eigenvalue weighted by Crippen LogP contribution is 2.18. The van der Waals surface area contributed by atoms with Crippen molar-refractivity contribution in [3.05, 3.63) is 68.6 Å². The average molecular weight is 470 g/mol. The van der Waals surface area contributed by atoms with Crippen LogP contribution >= 0.6 is 15.9 Å². The first-order chi connectivity index (χ1) is 14.4. The molecule has 4 rings (SSSR count). The van der Waals surface area contributed by atoms with E-state index in [1.54, 1.807) is 7.05 Å². The third-order valence-electron chi connectivity index (χ3n) is 4.99. The van der Waals surface area contributed by atoms with E-state index in [0.717, 1.165) is 22.6 Å². The van der Waals surface area contributed by atoms with Crippen LogP contribution in [0.15, 0.2) is 46.1 Å². The molecule has 3 heterocycles. The van der Waals surface area contributed by atoms with Crippen LogP contribution in [0.5, 0.6) is 0 Å². The zero-order valence-corrected chi connectivity index (χ0v) is 18.3. The van der Waals surface area contributed by atoms with Crippen LogP contribution in [0.4, 0.5) is 0 Å². The Kier molecular flexibility index (Phi) is 5.25. The van der Waals surface area contributed by atoms with E-state index in [4.69, 9.17) is 0 Å². The number of rotatable bonds is 5. The van der Waals surface area contributed by atoms with Crippen molar-refractivity contribution in [3.63, 3.8) is 0 Å². The van der Waals surface area contributed by atoms with Crippen molar-refractivity contribution < 1.29 is 4.79 Å². The van der Waals surface area contributed by atoms with Crippen LogP contribution in [0, 0.1) is 13.8 Å². The highest BCUT2D eigenvalue weighted by Gasteiger charge is 2.16. The van der Waals surface area contributed by atoms with Gasteiger partial charge >= 0.3 is 0 Å². The number of para-hydroxylation sites is 1. The molecule has 0 aliphatic heterocycles. The summed E-state index contributed by atoms with van der Waals surface area (Å²) in [5.74, 6) is -0.287. The molecule has 1 aromatic carbocycles. The summed E-state index contributed by atoms with van der Waals surface area (Å²) in [5, 5.41) is 12.0. The summed E-state index contributed by atoms with van der Waals surface area (Å²) in [5.41, 5.74) is 3.85. The van der Waals surface area contributed by atoms with Crippen LogP contribution in [-0.4, -0.2) is 35.0 Å². The quantitative estimate of drug-likeness (QED) is 0.481. The molecule has 30 heavy (non-hydrogen) atoms. The van der Waals surface area contributed by atoms with Gasteiger partial charge in [-0.3, -0.25) is 14.2 Å². The minimum absolute atomic E-state index is 0.131. The fraction of sp³-hybridized carbons (Fsp3) is 0.250. The van der Waals surface area contributed by atoms with Crippen LogP contribution < -0.4 is 10.9 Å². The lowest BCUT2D eigenvalue weighted by atomic mass is 10.2. The Labute approximate surface area is 180 Å². The Bertz CT molecular complexity index is 1300. The molecular formula is C20H20BrN7O2. The number of aryl methyl sites for hydroxylation is 2. The number of carbonyl (C=O) groups excluding carboxylic acids is 1. The number of aromatic nitrogens is 6. The van der Waals surface area contributed by atoms with Crippen molar-refractivity contribution in [3.8, 4) is 5.69 Å². The molecule has 0 aliphatic carbocycles. The largest absolute Gasteiger partial charge is 0.350 e. The van der Waals surface area contributed by atoms with Crippen molar-refractivity contribution in [2.24, 2.45) is 7.05 Å². The standard InChI is InChI=1S/C20H20BrN7O2/c1-12-15(13(2)28(24-12)14-7-5-4-6-8-14)9-22-16(29)10-27-11-23-19-17(20(27)30)18(21)25-26(19)3/h4-8,11H,9-10H2,1-3H3,(H,22,29). The molecule has 0 unspecified atom stereocenters. The molecule has 10 heteroatoms. The normalized spacial score (nSPS) is 11.2. The van der Waals surface area contributed by atoms with Gasteiger partial charge in [-0.1, -0.05) is 18.2 Å². The molecule has 0 bridgehead atoms. The highest BCUT2D eigenvalue weighted by molar-refractivity contribution is 9.10. The number of nitrogens with one attached hydrogen (secondary N) is 1. The molecule has 3 aromatic heterocycles. The van der Waals surface area contributed by atoms with Gasteiger partial charge in [-0.15, -0.1) is 0 Å². The Morgan fingerprint density at radius 1 is 1.17 bits per heavy atom. The van der Waals surface area contributed by atoms with Crippen molar-refractivity contribution in [1.29, 1.82) is 0 Å². The maximum Gasteiger partial charge on any atom is 0.266 e. The van der Waals surface area contributed by atoms with Gasteiger partial charge in [0.1, 0.15) is 22.9 Å². The van der Waals surface area contributed by atoms with E-state index in [2.05, 4.69) is 36.4 Å². The number of hydrogen-bond acceptors (Lipinski definition) is 5.